The van der Waals surface area contributed by atoms with Gasteiger partial charge >= 0.3 is 5.97 Å². The van der Waals surface area contributed by atoms with E-state index in [1.54, 1.807) is 17.0 Å². The van der Waals surface area contributed by atoms with Gasteiger partial charge in [0.15, 0.2) is 0 Å². The molecular weight excluding hydrogens is 408 g/mol. The van der Waals surface area contributed by atoms with E-state index < -0.39 is 23.8 Å². The predicted molar refractivity (Wildman–Crippen MR) is 112 cm³/mol. The summed E-state index contributed by atoms with van der Waals surface area (Å²) in [5.41, 5.74) is 2.18. The van der Waals surface area contributed by atoms with Crippen molar-refractivity contribution in [3.8, 4) is 0 Å². The second-order valence-electron chi connectivity index (χ2n) is 7.11. The number of thioether (sulfide) groups is 1. The first kappa shape index (κ1) is 20.4. The minimum absolute atomic E-state index is 0.0965. The molecule has 154 valence electrons. The van der Waals surface area contributed by atoms with Gasteiger partial charge in [0.2, 0.25) is 0 Å². The van der Waals surface area contributed by atoms with E-state index >= 15 is 0 Å². The Kier molecular flexibility index (Phi) is 5.74. The first-order valence-corrected chi connectivity index (χ1v) is 10.3. The second-order valence-corrected chi connectivity index (χ2v) is 8.39. The summed E-state index contributed by atoms with van der Waals surface area (Å²) in [7, 11) is 0. The van der Waals surface area contributed by atoms with Gasteiger partial charge in [-0.3, -0.25) is 0 Å². The summed E-state index contributed by atoms with van der Waals surface area (Å²) in [6, 6.07) is 17.6. The average molecular weight is 427 g/mol. The lowest BCUT2D eigenvalue weighted by atomic mass is 10.0. The molecule has 0 spiro atoms. The molecule has 0 saturated heterocycles. The van der Waals surface area contributed by atoms with Crippen molar-refractivity contribution in [2.45, 2.75) is 29.3 Å². The number of benzene rings is 3. The summed E-state index contributed by atoms with van der Waals surface area (Å²) >= 11 is 1.53. The number of hydrogen-bond donors (Lipinski definition) is 2. The van der Waals surface area contributed by atoms with Crippen molar-refractivity contribution in [3.05, 3.63) is 95.1 Å². The Labute approximate surface area is 176 Å². The smallest absolute Gasteiger partial charge is 0.335 e. The summed E-state index contributed by atoms with van der Waals surface area (Å²) in [5.74, 6) is -2.29. The summed E-state index contributed by atoms with van der Waals surface area (Å²) in [6.07, 6.45) is -0.406. The van der Waals surface area contributed by atoms with Gasteiger partial charge in [0.25, 0.3) is 0 Å². The number of anilines is 1. The molecule has 2 unspecified atom stereocenters. The molecular formula is C23H19F2NO3S. The molecule has 4 nitrogen and oxygen atoms in total. The first-order valence-electron chi connectivity index (χ1n) is 9.39. The van der Waals surface area contributed by atoms with E-state index in [9.17, 15) is 18.7 Å². The Bertz CT molecular complexity index is 1070. The fraction of sp³-hybridized carbons (Fsp3) is 0.174. The van der Waals surface area contributed by atoms with Crippen molar-refractivity contribution in [2.24, 2.45) is 0 Å². The van der Waals surface area contributed by atoms with Crippen LogP contribution in [0.15, 0.2) is 71.6 Å². The molecule has 3 aromatic rings. The molecule has 1 aliphatic heterocycles. The SMILES string of the molecule is O=C(O)c1ccc(CC2Sc3ccccc3N(Cc3ccc(F)cc3F)C2O)cc1. The first-order chi connectivity index (χ1) is 14.4. The molecule has 30 heavy (non-hydrogen) atoms. The molecule has 2 atom stereocenters. The van der Waals surface area contributed by atoms with Crippen molar-refractivity contribution >= 4 is 23.4 Å². The second kappa shape index (κ2) is 8.45. The standard InChI is InChI=1S/C23H19F2NO3S/c24-17-10-9-16(18(25)12-17)13-26-19-3-1-2-4-20(19)30-21(22(26)27)11-14-5-7-15(8-6-14)23(28)29/h1-10,12,21-22,27H,11,13H2,(H,28,29). The Balaban J connectivity index is 1.62. The Morgan fingerprint density at radius 3 is 2.47 bits per heavy atom. The van der Waals surface area contributed by atoms with Gasteiger partial charge in [-0.2, -0.15) is 0 Å². The molecule has 7 heteroatoms. The monoisotopic (exact) mass is 427 g/mol. The van der Waals surface area contributed by atoms with Gasteiger partial charge in [-0.25, -0.2) is 13.6 Å². The number of fused-ring (bicyclic) bond motifs is 1. The minimum Gasteiger partial charge on any atom is -0.478 e. The molecule has 0 aliphatic carbocycles. The molecule has 4 rings (SSSR count). The maximum atomic E-state index is 14.3. The third-order valence-corrected chi connectivity index (χ3v) is 6.41. The van der Waals surface area contributed by atoms with E-state index in [2.05, 4.69) is 0 Å². The highest BCUT2D eigenvalue weighted by molar-refractivity contribution is 8.00. The van der Waals surface area contributed by atoms with Crippen LogP contribution in [0.4, 0.5) is 14.5 Å². The summed E-state index contributed by atoms with van der Waals surface area (Å²) < 4.78 is 27.5. The van der Waals surface area contributed by atoms with E-state index in [0.29, 0.717) is 12.0 Å². The van der Waals surface area contributed by atoms with Crippen molar-refractivity contribution in [1.29, 1.82) is 0 Å². The van der Waals surface area contributed by atoms with Crippen LogP contribution in [-0.2, 0) is 13.0 Å². The molecule has 1 aliphatic rings. The van der Waals surface area contributed by atoms with Crippen LogP contribution >= 0.6 is 11.8 Å². The normalized spacial score (nSPS) is 18.2. The van der Waals surface area contributed by atoms with Gasteiger partial charge in [-0.1, -0.05) is 30.3 Å². The Morgan fingerprint density at radius 2 is 1.77 bits per heavy atom. The molecule has 0 aromatic heterocycles. The highest BCUT2D eigenvalue weighted by Crippen LogP contribution is 2.42. The zero-order valence-electron chi connectivity index (χ0n) is 15.8. The van der Waals surface area contributed by atoms with E-state index in [1.807, 2.05) is 24.3 Å². The zero-order chi connectivity index (χ0) is 21.3. The number of halogens is 2. The predicted octanol–water partition coefficient (Wildman–Crippen LogP) is 4.71. The van der Waals surface area contributed by atoms with Gasteiger partial charge in [0, 0.05) is 23.1 Å². The molecule has 0 amide bonds. The van der Waals surface area contributed by atoms with Crippen LogP contribution in [0.5, 0.6) is 0 Å². The number of rotatable bonds is 5. The van der Waals surface area contributed by atoms with E-state index in [0.717, 1.165) is 22.2 Å². The fourth-order valence-electron chi connectivity index (χ4n) is 3.54. The maximum Gasteiger partial charge on any atom is 0.335 e. The molecule has 3 aromatic carbocycles. The van der Waals surface area contributed by atoms with Crippen LogP contribution in [-0.4, -0.2) is 27.7 Å². The van der Waals surface area contributed by atoms with Crippen LogP contribution in [0.25, 0.3) is 0 Å². The lowest BCUT2D eigenvalue weighted by Crippen LogP contribution is -2.45. The van der Waals surface area contributed by atoms with Crippen molar-refractivity contribution < 1.29 is 23.8 Å². The van der Waals surface area contributed by atoms with Gasteiger partial charge in [0.05, 0.1) is 16.5 Å². The molecule has 0 radical (unpaired) electrons. The van der Waals surface area contributed by atoms with Gasteiger partial charge < -0.3 is 15.1 Å². The third kappa shape index (κ3) is 4.17. The highest BCUT2D eigenvalue weighted by atomic mass is 32.2. The summed E-state index contributed by atoms with van der Waals surface area (Å²) in [4.78, 5) is 13.7. The lowest BCUT2D eigenvalue weighted by molar-refractivity contribution is 0.0697. The van der Waals surface area contributed by atoms with Crippen LogP contribution in [0, 0.1) is 11.6 Å². The number of carboxylic acid groups (broad SMARTS) is 1. The van der Waals surface area contributed by atoms with Gasteiger partial charge in [-0.15, -0.1) is 11.8 Å². The van der Waals surface area contributed by atoms with Crippen molar-refractivity contribution in [1.82, 2.24) is 0 Å². The quantitative estimate of drug-likeness (QED) is 0.618. The Morgan fingerprint density at radius 1 is 1.03 bits per heavy atom. The lowest BCUT2D eigenvalue weighted by Gasteiger charge is -2.40. The third-order valence-electron chi connectivity index (χ3n) is 5.10. The van der Waals surface area contributed by atoms with E-state index in [4.69, 9.17) is 5.11 Å². The molecule has 2 N–H and O–H groups in total. The van der Waals surface area contributed by atoms with Crippen LogP contribution in [0.1, 0.15) is 21.5 Å². The minimum atomic E-state index is -0.991. The maximum absolute atomic E-state index is 14.3. The number of aromatic carboxylic acids is 1. The Hall–Kier alpha value is -2.90. The number of carboxylic acids is 1. The molecule has 0 fully saturated rings. The topological polar surface area (TPSA) is 60.8 Å². The average Bonchev–Trinajstić information content (AvgIpc) is 2.73. The number of aliphatic hydroxyl groups is 1. The van der Waals surface area contributed by atoms with Crippen molar-refractivity contribution in [3.63, 3.8) is 0 Å². The van der Waals surface area contributed by atoms with Gasteiger partial charge in [-0.05, 0) is 42.3 Å². The largest absolute Gasteiger partial charge is 0.478 e. The van der Waals surface area contributed by atoms with Crippen molar-refractivity contribution in [2.75, 3.05) is 4.90 Å². The number of aliphatic hydroxyl groups excluding tert-OH is 1. The molecule has 1 heterocycles. The molecule has 0 saturated carbocycles. The number of nitrogens with zero attached hydrogens (tertiary/aromatic N) is 1. The summed E-state index contributed by atoms with van der Waals surface area (Å²) in [5, 5.41) is 19.9. The van der Waals surface area contributed by atoms with Gasteiger partial charge in [0.1, 0.15) is 17.9 Å². The summed E-state index contributed by atoms with van der Waals surface area (Å²) in [6.45, 7) is 0.0965. The van der Waals surface area contributed by atoms with Crippen LogP contribution < -0.4 is 4.90 Å². The number of hydrogen-bond acceptors (Lipinski definition) is 4. The highest BCUT2D eigenvalue weighted by Gasteiger charge is 2.34. The molecule has 0 bridgehead atoms. The number of para-hydroxylation sites is 1. The van der Waals surface area contributed by atoms with Crippen LogP contribution in [0.2, 0.25) is 0 Å². The van der Waals surface area contributed by atoms with E-state index in [1.165, 1.54) is 36.0 Å². The fourth-order valence-corrected chi connectivity index (χ4v) is 4.87. The number of carbonyl (C=O) groups is 1. The zero-order valence-corrected chi connectivity index (χ0v) is 16.7. The van der Waals surface area contributed by atoms with E-state index in [-0.39, 0.29) is 17.4 Å². The van der Waals surface area contributed by atoms with Crippen LogP contribution in [0.3, 0.4) is 0 Å².